The van der Waals surface area contributed by atoms with E-state index in [1.807, 2.05) is 20.9 Å². The summed E-state index contributed by atoms with van der Waals surface area (Å²) in [6.07, 6.45) is -2.10. The number of rotatable bonds is 7. The van der Waals surface area contributed by atoms with Gasteiger partial charge in [0, 0.05) is 38.8 Å². The molecule has 1 amide bonds. The van der Waals surface area contributed by atoms with Crippen LogP contribution < -0.4 is 0 Å². The van der Waals surface area contributed by atoms with Crippen LogP contribution in [0.15, 0.2) is 34.9 Å². The van der Waals surface area contributed by atoms with Gasteiger partial charge in [-0.05, 0) is 38.1 Å². The minimum atomic E-state index is -4.35. The highest BCUT2D eigenvalue weighted by Crippen LogP contribution is 2.29. The van der Waals surface area contributed by atoms with E-state index in [-0.39, 0.29) is 17.6 Å². The maximum atomic E-state index is 12.8. The number of likely N-dealkylation sites (N-methyl/N-ethyl adjacent to an activating group) is 1. The van der Waals surface area contributed by atoms with Crippen molar-refractivity contribution >= 4 is 5.91 Å². The van der Waals surface area contributed by atoms with Crippen molar-refractivity contribution in [2.24, 2.45) is 0 Å². The molecule has 0 aliphatic carbocycles. The maximum Gasteiger partial charge on any atom is 0.416 e. The first-order chi connectivity index (χ1) is 14.7. The van der Waals surface area contributed by atoms with Crippen LogP contribution in [0.1, 0.15) is 47.8 Å². The fraction of sp³-hybridized carbons (Fsp3) is 0.545. The molecule has 3 rings (SSSR count). The van der Waals surface area contributed by atoms with Gasteiger partial charge in [0.1, 0.15) is 6.26 Å². The molecule has 1 aromatic heterocycles. The molecule has 0 bridgehead atoms. The molecule has 1 fully saturated rings. The third-order valence-electron chi connectivity index (χ3n) is 5.78. The molecule has 0 radical (unpaired) electrons. The molecular weight excluding hydrogens is 409 g/mol. The van der Waals surface area contributed by atoms with Crippen LogP contribution >= 0.6 is 0 Å². The highest BCUT2D eigenvalue weighted by molar-refractivity contribution is 5.92. The van der Waals surface area contributed by atoms with E-state index in [0.717, 1.165) is 37.2 Å². The lowest BCUT2D eigenvalue weighted by Crippen LogP contribution is -2.47. The Bertz CT molecular complexity index is 858. The number of carbonyl (C=O) groups is 1. The number of carbonyl (C=O) groups excluding carboxylic acids is 1. The van der Waals surface area contributed by atoms with Crippen molar-refractivity contribution in [1.29, 1.82) is 0 Å². The van der Waals surface area contributed by atoms with Gasteiger partial charge in [-0.15, -0.1) is 0 Å². The average Bonchev–Trinajstić information content (AvgIpc) is 3.21. The Morgan fingerprint density at radius 3 is 2.39 bits per heavy atom. The molecule has 1 unspecified atom stereocenters. The average molecular weight is 438 g/mol. The second kappa shape index (κ2) is 9.82. The number of aromatic nitrogens is 1. The third-order valence-corrected chi connectivity index (χ3v) is 5.78. The Labute approximate surface area is 180 Å². The Morgan fingerprint density at radius 2 is 1.81 bits per heavy atom. The van der Waals surface area contributed by atoms with Crippen molar-refractivity contribution in [3.8, 4) is 0 Å². The van der Waals surface area contributed by atoms with Gasteiger partial charge >= 0.3 is 6.18 Å². The fourth-order valence-electron chi connectivity index (χ4n) is 3.49. The first-order valence-corrected chi connectivity index (χ1v) is 10.5. The number of benzene rings is 1. The molecular formula is C22H29F3N4O2. The van der Waals surface area contributed by atoms with Gasteiger partial charge in [-0.25, -0.2) is 4.98 Å². The van der Waals surface area contributed by atoms with E-state index in [0.29, 0.717) is 32.1 Å². The lowest BCUT2D eigenvalue weighted by molar-refractivity contribution is -0.137. The zero-order valence-corrected chi connectivity index (χ0v) is 18.2. The van der Waals surface area contributed by atoms with Crippen LogP contribution in [-0.2, 0) is 19.3 Å². The van der Waals surface area contributed by atoms with Gasteiger partial charge in [-0.3, -0.25) is 9.69 Å². The summed E-state index contributed by atoms with van der Waals surface area (Å²) in [5, 5.41) is 0. The number of hydrogen-bond acceptors (Lipinski definition) is 5. The summed E-state index contributed by atoms with van der Waals surface area (Å²) in [6, 6.07) is 5.35. The minimum Gasteiger partial charge on any atom is -0.447 e. The van der Waals surface area contributed by atoms with Crippen LogP contribution in [0.4, 0.5) is 13.2 Å². The smallest absolute Gasteiger partial charge is 0.416 e. The Balaban J connectivity index is 1.67. The number of halogens is 3. The van der Waals surface area contributed by atoms with Gasteiger partial charge in [0.05, 0.1) is 12.1 Å². The zero-order valence-electron chi connectivity index (χ0n) is 18.2. The molecule has 2 heterocycles. The zero-order chi connectivity index (χ0) is 22.6. The topological polar surface area (TPSA) is 52.8 Å². The molecule has 0 saturated carbocycles. The monoisotopic (exact) mass is 438 g/mol. The summed E-state index contributed by atoms with van der Waals surface area (Å²) >= 11 is 0. The number of oxazole rings is 1. The van der Waals surface area contributed by atoms with Crippen LogP contribution in [0.25, 0.3) is 0 Å². The molecule has 1 aromatic carbocycles. The summed E-state index contributed by atoms with van der Waals surface area (Å²) in [6.45, 7) is 7.88. The standard InChI is InChI=1S/C22H29F3N4O2/c1-4-16(2)29(13-17-5-7-18(8-6-17)22(23,24)25)14-20-26-19(15-31-20)21(30)28-11-9-27(3)10-12-28/h5-8,15-16H,4,9-14H2,1-3H3. The fourth-order valence-corrected chi connectivity index (χ4v) is 3.49. The molecule has 170 valence electrons. The van der Waals surface area contributed by atoms with Crippen molar-refractivity contribution in [2.45, 2.75) is 45.6 Å². The number of hydrogen-bond donors (Lipinski definition) is 0. The third kappa shape index (κ3) is 6.07. The van der Waals surface area contributed by atoms with Crippen molar-refractivity contribution in [3.05, 3.63) is 53.2 Å². The van der Waals surface area contributed by atoms with Gasteiger partial charge in [-0.1, -0.05) is 19.1 Å². The van der Waals surface area contributed by atoms with Crippen molar-refractivity contribution in [2.75, 3.05) is 33.2 Å². The summed E-state index contributed by atoms with van der Waals surface area (Å²) < 4.78 is 44.0. The van der Waals surface area contributed by atoms with Gasteiger partial charge in [0.25, 0.3) is 5.91 Å². The van der Waals surface area contributed by atoms with Crippen molar-refractivity contribution < 1.29 is 22.4 Å². The van der Waals surface area contributed by atoms with E-state index in [9.17, 15) is 18.0 Å². The van der Waals surface area contributed by atoms with Gasteiger partial charge < -0.3 is 14.2 Å². The lowest BCUT2D eigenvalue weighted by Gasteiger charge is -2.31. The second-order valence-electron chi connectivity index (χ2n) is 8.08. The molecule has 6 nitrogen and oxygen atoms in total. The van der Waals surface area contributed by atoms with Crippen LogP contribution in [0.5, 0.6) is 0 Å². The molecule has 2 aromatic rings. The van der Waals surface area contributed by atoms with Crippen molar-refractivity contribution in [3.63, 3.8) is 0 Å². The molecule has 31 heavy (non-hydrogen) atoms. The van der Waals surface area contributed by atoms with Gasteiger partial charge in [-0.2, -0.15) is 13.2 Å². The molecule has 0 spiro atoms. The van der Waals surface area contributed by atoms with E-state index in [2.05, 4.69) is 14.8 Å². The lowest BCUT2D eigenvalue weighted by atomic mass is 10.1. The van der Waals surface area contributed by atoms with E-state index in [1.165, 1.54) is 18.4 Å². The quantitative estimate of drug-likeness (QED) is 0.657. The number of nitrogens with zero attached hydrogens (tertiary/aromatic N) is 4. The molecule has 1 saturated heterocycles. The number of amides is 1. The molecule has 0 N–H and O–H groups in total. The molecule has 1 atom stereocenters. The first kappa shape index (κ1) is 23.3. The normalized spacial score (nSPS) is 16.7. The predicted molar refractivity (Wildman–Crippen MR) is 110 cm³/mol. The number of alkyl halides is 3. The first-order valence-electron chi connectivity index (χ1n) is 10.5. The summed E-state index contributed by atoms with van der Waals surface area (Å²) in [4.78, 5) is 23.1. The second-order valence-corrected chi connectivity index (χ2v) is 8.08. The van der Waals surface area contributed by atoms with Gasteiger partial charge in [0.15, 0.2) is 5.69 Å². The highest BCUT2D eigenvalue weighted by Gasteiger charge is 2.30. The summed E-state index contributed by atoms with van der Waals surface area (Å²) in [5.41, 5.74) is 0.401. The Hall–Kier alpha value is -2.39. The van der Waals surface area contributed by atoms with Crippen LogP contribution in [0.3, 0.4) is 0 Å². The number of piperazine rings is 1. The van der Waals surface area contributed by atoms with Crippen LogP contribution in [0.2, 0.25) is 0 Å². The van der Waals surface area contributed by atoms with Crippen LogP contribution in [0, 0.1) is 0 Å². The highest BCUT2D eigenvalue weighted by atomic mass is 19.4. The van der Waals surface area contributed by atoms with Gasteiger partial charge in [0.2, 0.25) is 5.89 Å². The minimum absolute atomic E-state index is 0.138. The summed E-state index contributed by atoms with van der Waals surface area (Å²) in [7, 11) is 2.02. The molecule has 1 aliphatic heterocycles. The van der Waals surface area contributed by atoms with E-state index >= 15 is 0 Å². The molecule has 1 aliphatic rings. The largest absolute Gasteiger partial charge is 0.447 e. The Kier molecular flexibility index (Phi) is 7.38. The Morgan fingerprint density at radius 1 is 1.16 bits per heavy atom. The SMILES string of the molecule is CCC(C)N(Cc1ccc(C(F)(F)F)cc1)Cc1nc(C(=O)N2CCN(C)CC2)co1. The van der Waals surface area contributed by atoms with Crippen molar-refractivity contribution in [1.82, 2.24) is 19.7 Å². The maximum absolute atomic E-state index is 12.8. The van der Waals surface area contributed by atoms with E-state index in [4.69, 9.17) is 4.42 Å². The van der Waals surface area contributed by atoms with E-state index < -0.39 is 11.7 Å². The van der Waals surface area contributed by atoms with Crippen LogP contribution in [-0.4, -0.2) is 64.9 Å². The summed E-state index contributed by atoms with van der Waals surface area (Å²) in [5.74, 6) is 0.283. The van der Waals surface area contributed by atoms with E-state index in [1.54, 1.807) is 4.90 Å². The molecule has 9 heteroatoms. The predicted octanol–water partition coefficient (Wildman–Crippen LogP) is 3.88.